The number of rotatable bonds is 6. The van der Waals surface area contributed by atoms with Crippen LogP contribution in [0.25, 0.3) is 0 Å². The molecule has 0 spiro atoms. The second-order valence-electron chi connectivity index (χ2n) is 5.86. The van der Waals surface area contributed by atoms with Gasteiger partial charge in [-0.15, -0.1) is 0 Å². The van der Waals surface area contributed by atoms with Crippen molar-refractivity contribution in [1.82, 2.24) is 9.55 Å². The minimum absolute atomic E-state index is 0.0138. The van der Waals surface area contributed by atoms with Gasteiger partial charge in [0.1, 0.15) is 5.82 Å². The quantitative estimate of drug-likeness (QED) is 0.804. The average molecular weight is 300 g/mol. The molecule has 0 bridgehead atoms. The fourth-order valence-electron chi connectivity index (χ4n) is 2.41. The van der Waals surface area contributed by atoms with Crippen molar-refractivity contribution in [3.05, 3.63) is 42.0 Å². The van der Waals surface area contributed by atoms with Crippen molar-refractivity contribution >= 4 is 17.3 Å². The lowest BCUT2D eigenvalue weighted by molar-refractivity contribution is -0.116. The molecule has 22 heavy (non-hydrogen) atoms. The van der Waals surface area contributed by atoms with E-state index in [2.05, 4.69) is 28.7 Å². The third-order valence-corrected chi connectivity index (χ3v) is 3.60. The van der Waals surface area contributed by atoms with E-state index < -0.39 is 0 Å². The van der Waals surface area contributed by atoms with Crippen LogP contribution in [-0.4, -0.2) is 15.5 Å². The molecule has 1 aromatic heterocycles. The smallest absolute Gasteiger partial charge is 0.224 e. The van der Waals surface area contributed by atoms with Crippen LogP contribution in [-0.2, 0) is 11.3 Å². The fraction of sp³-hybridized carbons (Fsp3) is 0.412. The summed E-state index contributed by atoms with van der Waals surface area (Å²) < 4.78 is 2.11. The Labute approximate surface area is 131 Å². The normalized spacial score (nSPS) is 10.9. The van der Waals surface area contributed by atoms with E-state index in [1.807, 2.05) is 31.5 Å². The summed E-state index contributed by atoms with van der Waals surface area (Å²) in [7, 11) is 0. The van der Waals surface area contributed by atoms with E-state index in [0.717, 1.165) is 30.0 Å². The van der Waals surface area contributed by atoms with Gasteiger partial charge >= 0.3 is 0 Å². The molecule has 0 atom stereocenters. The highest BCUT2D eigenvalue weighted by Crippen LogP contribution is 2.18. The topological polar surface area (TPSA) is 72.9 Å². The Balaban J connectivity index is 1.85. The molecule has 0 aliphatic carbocycles. The molecule has 0 fully saturated rings. The maximum Gasteiger partial charge on any atom is 0.224 e. The molecule has 1 amide bonds. The number of nitrogens with two attached hydrogens (primary N) is 1. The number of nitrogens with zero attached hydrogens (tertiary/aromatic N) is 2. The van der Waals surface area contributed by atoms with Gasteiger partial charge in [-0.25, -0.2) is 4.98 Å². The number of imidazole rings is 1. The van der Waals surface area contributed by atoms with Crippen LogP contribution in [0.3, 0.4) is 0 Å². The molecule has 1 heterocycles. The second-order valence-corrected chi connectivity index (χ2v) is 5.86. The number of amides is 1. The van der Waals surface area contributed by atoms with E-state index in [4.69, 9.17) is 5.73 Å². The zero-order valence-corrected chi connectivity index (χ0v) is 13.5. The van der Waals surface area contributed by atoms with Gasteiger partial charge in [0.25, 0.3) is 0 Å². The number of aromatic nitrogens is 2. The summed E-state index contributed by atoms with van der Waals surface area (Å²) in [6.07, 6.45) is 5.04. The number of carbonyl (C=O) groups is 1. The summed E-state index contributed by atoms with van der Waals surface area (Å²) >= 11 is 0. The number of nitrogen functional groups attached to an aromatic ring is 1. The van der Waals surface area contributed by atoms with Crippen molar-refractivity contribution in [2.45, 2.75) is 46.1 Å². The van der Waals surface area contributed by atoms with Crippen LogP contribution in [0.15, 0.2) is 30.6 Å². The molecule has 0 saturated carbocycles. The van der Waals surface area contributed by atoms with E-state index in [9.17, 15) is 4.79 Å². The first-order valence-electron chi connectivity index (χ1n) is 7.64. The average Bonchev–Trinajstić information content (AvgIpc) is 2.91. The molecular formula is C17H24N4O. The molecule has 2 rings (SSSR count). The summed E-state index contributed by atoms with van der Waals surface area (Å²) in [5, 5.41) is 2.92. The van der Waals surface area contributed by atoms with Crippen LogP contribution in [0.5, 0.6) is 0 Å². The predicted octanol–water partition coefficient (Wildman–Crippen LogP) is 3.32. The van der Waals surface area contributed by atoms with Crippen molar-refractivity contribution in [3.63, 3.8) is 0 Å². The summed E-state index contributed by atoms with van der Waals surface area (Å²) in [6.45, 7) is 6.99. The van der Waals surface area contributed by atoms with Crippen LogP contribution >= 0.6 is 0 Å². The Kier molecular flexibility index (Phi) is 5.20. The van der Waals surface area contributed by atoms with E-state index >= 15 is 0 Å². The van der Waals surface area contributed by atoms with Crippen molar-refractivity contribution in [3.8, 4) is 0 Å². The molecule has 5 nitrogen and oxygen atoms in total. The first-order chi connectivity index (χ1) is 10.5. The number of nitrogens with one attached hydrogen (secondary N) is 1. The molecule has 1 aromatic carbocycles. The molecule has 0 unspecified atom stereocenters. The molecule has 2 aromatic rings. The van der Waals surface area contributed by atoms with Gasteiger partial charge in [-0.3, -0.25) is 4.79 Å². The van der Waals surface area contributed by atoms with Gasteiger partial charge in [0.15, 0.2) is 0 Å². The first kappa shape index (κ1) is 16.1. The lowest BCUT2D eigenvalue weighted by Gasteiger charge is -2.11. The molecule has 3 N–H and O–H groups in total. The third-order valence-electron chi connectivity index (χ3n) is 3.60. The van der Waals surface area contributed by atoms with Crippen LogP contribution in [0, 0.1) is 6.92 Å². The Morgan fingerprint density at radius 1 is 1.41 bits per heavy atom. The zero-order chi connectivity index (χ0) is 16.1. The van der Waals surface area contributed by atoms with E-state index in [-0.39, 0.29) is 5.91 Å². The maximum atomic E-state index is 12.0. The highest BCUT2D eigenvalue weighted by atomic mass is 16.1. The number of hydrogen-bond acceptors (Lipinski definition) is 3. The Morgan fingerprint density at radius 2 is 2.18 bits per heavy atom. The Hall–Kier alpha value is -2.30. The minimum Gasteiger partial charge on any atom is -0.399 e. The van der Waals surface area contributed by atoms with Crippen molar-refractivity contribution < 1.29 is 4.79 Å². The van der Waals surface area contributed by atoms with E-state index in [1.54, 1.807) is 6.07 Å². The van der Waals surface area contributed by atoms with Gasteiger partial charge in [0.2, 0.25) is 5.91 Å². The van der Waals surface area contributed by atoms with Crippen LogP contribution in [0.1, 0.15) is 44.0 Å². The largest absolute Gasteiger partial charge is 0.399 e. The molecule has 0 aliphatic heterocycles. The molecule has 5 heteroatoms. The van der Waals surface area contributed by atoms with Gasteiger partial charge < -0.3 is 15.6 Å². The van der Waals surface area contributed by atoms with Gasteiger partial charge in [-0.2, -0.15) is 0 Å². The number of hydrogen-bond donors (Lipinski definition) is 2. The van der Waals surface area contributed by atoms with Crippen molar-refractivity contribution in [1.29, 1.82) is 0 Å². The maximum absolute atomic E-state index is 12.0. The standard InChI is InChI=1S/C17H24N4O/c1-12(2)17-19-8-10-21(17)9-4-5-16(22)20-15-11-14(18)7-6-13(15)3/h6-8,10-12H,4-5,9,18H2,1-3H3,(H,20,22). The molecule has 0 saturated heterocycles. The van der Waals surface area contributed by atoms with Crippen LogP contribution < -0.4 is 11.1 Å². The van der Waals surface area contributed by atoms with Crippen molar-refractivity contribution in [2.75, 3.05) is 11.1 Å². The number of aryl methyl sites for hydroxylation is 2. The summed E-state index contributed by atoms with van der Waals surface area (Å²) in [5.41, 5.74) is 8.21. The molecule has 0 radical (unpaired) electrons. The summed E-state index contributed by atoms with van der Waals surface area (Å²) in [5.74, 6) is 1.46. The van der Waals surface area contributed by atoms with Gasteiger partial charge in [-0.1, -0.05) is 19.9 Å². The fourth-order valence-corrected chi connectivity index (χ4v) is 2.41. The lowest BCUT2D eigenvalue weighted by Crippen LogP contribution is -2.14. The Morgan fingerprint density at radius 3 is 2.91 bits per heavy atom. The minimum atomic E-state index is 0.0138. The molecule has 118 valence electrons. The number of benzene rings is 1. The molecule has 0 aliphatic rings. The first-order valence-corrected chi connectivity index (χ1v) is 7.64. The van der Waals surface area contributed by atoms with Gasteiger partial charge in [-0.05, 0) is 31.0 Å². The monoisotopic (exact) mass is 300 g/mol. The third kappa shape index (κ3) is 4.10. The van der Waals surface area contributed by atoms with Crippen molar-refractivity contribution in [2.24, 2.45) is 0 Å². The van der Waals surface area contributed by atoms with E-state index in [1.165, 1.54) is 0 Å². The Bertz CT molecular complexity index is 646. The second kappa shape index (κ2) is 7.11. The summed E-state index contributed by atoms with van der Waals surface area (Å²) in [4.78, 5) is 16.4. The van der Waals surface area contributed by atoms with Crippen LogP contribution in [0.4, 0.5) is 11.4 Å². The highest BCUT2D eigenvalue weighted by molar-refractivity contribution is 5.91. The highest BCUT2D eigenvalue weighted by Gasteiger charge is 2.09. The zero-order valence-electron chi connectivity index (χ0n) is 13.5. The van der Waals surface area contributed by atoms with E-state index in [0.29, 0.717) is 18.0 Å². The molecular weight excluding hydrogens is 276 g/mol. The lowest BCUT2D eigenvalue weighted by atomic mass is 10.1. The number of carbonyl (C=O) groups excluding carboxylic acids is 1. The van der Waals surface area contributed by atoms with Crippen LogP contribution in [0.2, 0.25) is 0 Å². The van der Waals surface area contributed by atoms with Gasteiger partial charge in [0, 0.05) is 42.7 Å². The SMILES string of the molecule is Cc1ccc(N)cc1NC(=O)CCCn1ccnc1C(C)C. The van der Waals surface area contributed by atoms with Gasteiger partial charge in [0.05, 0.1) is 0 Å². The summed E-state index contributed by atoms with van der Waals surface area (Å²) in [6, 6.07) is 5.53. The predicted molar refractivity (Wildman–Crippen MR) is 89.8 cm³/mol. The number of anilines is 2.